The van der Waals surface area contributed by atoms with Crippen molar-refractivity contribution in [2.45, 2.75) is 30.5 Å². The molecule has 0 aliphatic carbocycles. The maximum absolute atomic E-state index is 12.7. The fourth-order valence-electron chi connectivity index (χ4n) is 2.55. The van der Waals surface area contributed by atoms with Crippen LogP contribution in [0.15, 0.2) is 58.3 Å². The lowest BCUT2D eigenvalue weighted by molar-refractivity contribution is -0.0498. The van der Waals surface area contributed by atoms with Crippen LogP contribution < -0.4 is 10.3 Å². The van der Waals surface area contributed by atoms with Crippen LogP contribution in [-0.2, 0) is 6.54 Å². The number of hydrogen-bond donors (Lipinski definition) is 0. The second kappa shape index (κ2) is 8.66. The number of hydrogen-bond acceptors (Lipinski definition) is 6. The summed E-state index contributed by atoms with van der Waals surface area (Å²) in [6.07, 6.45) is 1.60. The summed E-state index contributed by atoms with van der Waals surface area (Å²) in [5, 5.41) is 1.68. The number of rotatable bonds is 8. The SMILES string of the molecule is C=CCn1c(SC(C)C(=O)c2ccc(OC(F)F)cc2)nc2ccsc2c1=O. The molecule has 0 aliphatic rings. The number of ether oxygens (including phenoxy) is 1. The molecule has 1 atom stereocenters. The Labute approximate surface area is 167 Å². The van der Waals surface area contributed by atoms with Gasteiger partial charge in [0.2, 0.25) is 0 Å². The number of Topliss-reactive ketones (excluding diaryl/α,β-unsaturated/α-hetero) is 1. The molecular formula is C19H16F2N2O3S2. The summed E-state index contributed by atoms with van der Waals surface area (Å²) in [6, 6.07) is 7.27. The highest BCUT2D eigenvalue weighted by Gasteiger charge is 2.21. The molecule has 2 heterocycles. The second-order valence-electron chi connectivity index (χ2n) is 5.76. The number of nitrogens with zero attached hydrogens (tertiary/aromatic N) is 2. The molecule has 0 radical (unpaired) electrons. The molecular weight excluding hydrogens is 406 g/mol. The van der Waals surface area contributed by atoms with Crippen molar-refractivity contribution < 1.29 is 18.3 Å². The van der Waals surface area contributed by atoms with Crippen LogP contribution in [0.3, 0.4) is 0 Å². The third kappa shape index (κ3) is 4.31. The van der Waals surface area contributed by atoms with Crippen LogP contribution in [0.25, 0.3) is 10.2 Å². The second-order valence-corrected chi connectivity index (χ2v) is 7.99. The number of carbonyl (C=O) groups excluding carboxylic acids is 1. The molecule has 3 rings (SSSR count). The number of halogens is 2. The molecule has 0 spiro atoms. The van der Waals surface area contributed by atoms with Crippen molar-refractivity contribution in [2.75, 3.05) is 0 Å². The lowest BCUT2D eigenvalue weighted by Gasteiger charge is -2.14. The van der Waals surface area contributed by atoms with Gasteiger partial charge in [-0.05, 0) is 42.6 Å². The van der Waals surface area contributed by atoms with Crippen molar-refractivity contribution in [3.8, 4) is 5.75 Å². The van der Waals surface area contributed by atoms with Crippen molar-refractivity contribution in [3.63, 3.8) is 0 Å². The lowest BCUT2D eigenvalue weighted by atomic mass is 10.1. The van der Waals surface area contributed by atoms with Crippen LogP contribution in [0.4, 0.5) is 8.78 Å². The van der Waals surface area contributed by atoms with E-state index in [1.165, 1.54) is 51.9 Å². The predicted molar refractivity (Wildman–Crippen MR) is 107 cm³/mol. The number of ketones is 1. The summed E-state index contributed by atoms with van der Waals surface area (Å²) in [7, 11) is 0. The fourth-order valence-corrected chi connectivity index (χ4v) is 4.32. The molecule has 28 heavy (non-hydrogen) atoms. The van der Waals surface area contributed by atoms with Crippen LogP contribution in [0.5, 0.6) is 5.75 Å². The van der Waals surface area contributed by atoms with E-state index in [4.69, 9.17) is 0 Å². The van der Waals surface area contributed by atoms with Crippen LogP contribution in [0.1, 0.15) is 17.3 Å². The monoisotopic (exact) mass is 422 g/mol. The van der Waals surface area contributed by atoms with E-state index in [0.717, 1.165) is 0 Å². The molecule has 146 valence electrons. The van der Waals surface area contributed by atoms with Crippen molar-refractivity contribution in [2.24, 2.45) is 0 Å². The van der Waals surface area contributed by atoms with Crippen molar-refractivity contribution in [1.82, 2.24) is 9.55 Å². The Bertz CT molecular complexity index is 1060. The minimum atomic E-state index is -2.92. The van der Waals surface area contributed by atoms with E-state index < -0.39 is 11.9 Å². The summed E-state index contributed by atoms with van der Waals surface area (Å²) >= 11 is 2.49. The molecule has 2 aromatic heterocycles. The number of allylic oxidation sites excluding steroid dienone is 1. The quantitative estimate of drug-likeness (QED) is 0.230. The zero-order chi connectivity index (χ0) is 20.3. The summed E-state index contributed by atoms with van der Waals surface area (Å²) in [4.78, 5) is 29.9. The fraction of sp³-hybridized carbons (Fsp3) is 0.211. The molecule has 3 aromatic rings. The summed E-state index contributed by atoms with van der Waals surface area (Å²) in [5.74, 6) is -0.227. The van der Waals surface area contributed by atoms with E-state index in [0.29, 0.717) is 20.9 Å². The Kier molecular flexibility index (Phi) is 6.25. The molecule has 0 fully saturated rings. The topological polar surface area (TPSA) is 61.2 Å². The van der Waals surface area contributed by atoms with E-state index in [-0.39, 0.29) is 23.6 Å². The van der Waals surface area contributed by atoms with Crippen molar-refractivity contribution in [3.05, 3.63) is 64.3 Å². The van der Waals surface area contributed by atoms with E-state index in [2.05, 4.69) is 16.3 Å². The van der Waals surface area contributed by atoms with Gasteiger partial charge < -0.3 is 4.74 Å². The van der Waals surface area contributed by atoms with Gasteiger partial charge in [-0.1, -0.05) is 17.8 Å². The van der Waals surface area contributed by atoms with Gasteiger partial charge in [-0.25, -0.2) is 4.98 Å². The average molecular weight is 422 g/mol. The van der Waals surface area contributed by atoms with Gasteiger partial charge in [0.1, 0.15) is 10.4 Å². The smallest absolute Gasteiger partial charge is 0.387 e. The number of alkyl halides is 2. The summed E-state index contributed by atoms with van der Waals surface area (Å²) in [5.41, 5.74) is 0.775. The van der Waals surface area contributed by atoms with Gasteiger partial charge in [0, 0.05) is 12.1 Å². The van der Waals surface area contributed by atoms with E-state index in [9.17, 15) is 18.4 Å². The Morgan fingerprint density at radius 1 is 1.36 bits per heavy atom. The number of thiophene rings is 1. The first-order valence-electron chi connectivity index (χ1n) is 8.25. The normalized spacial score (nSPS) is 12.3. The van der Waals surface area contributed by atoms with Crippen molar-refractivity contribution in [1.29, 1.82) is 0 Å². The Morgan fingerprint density at radius 3 is 2.71 bits per heavy atom. The zero-order valence-electron chi connectivity index (χ0n) is 14.8. The Hall–Kier alpha value is -2.52. The van der Waals surface area contributed by atoms with Gasteiger partial charge in [-0.2, -0.15) is 8.78 Å². The van der Waals surface area contributed by atoms with Crippen LogP contribution in [0.2, 0.25) is 0 Å². The van der Waals surface area contributed by atoms with Gasteiger partial charge in [0.25, 0.3) is 5.56 Å². The summed E-state index contributed by atoms with van der Waals surface area (Å²) in [6.45, 7) is 2.74. The maximum Gasteiger partial charge on any atom is 0.387 e. The lowest BCUT2D eigenvalue weighted by Crippen LogP contribution is -2.24. The number of fused-ring (bicyclic) bond motifs is 1. The first-order chi connectivity index (χ1) is 13.4. The third-order valence-corrected chi connectivity index (χ3v) is 5.84. The minimum Gasteiger partial charge on any atom is -0.435 e. The molecule has 0 amide bonds. The minimum absolute atomic E-state index is 0.0174. The molecule has 1 unspecified atom stereocenters. The molecule has 0 N–H and O–H groups in total. The van der Waals surface area contributed by atoms with Gasteiger partial charge >= 0.3 is 6.61 Å². The van der Waals surface area contributed by atoms with Crippen LogP contribution >= 0.6 is 23.1 Å². The highest BCUT2D eigenvalue weighted by molar-refractivity contribution is 8.00. The molecule has 1 aromatic carbocycles. The van der Waals surface area contributed by atoms with Gasteiger partial charge in [-0.3, -0.25) is 14.2 Å². The predicted octanol–water partition coefficient (Wildman–Crippen LogP) is 4.61. The van der Waals surface area contributed by atoms with Gasteiger partial charge in [-0.15, -0.1) is 17.9 Å². The van der Waals surface area contributed by atoms with Crippen LogP contribution in [-0.4, -0.2) is 27.2 Å². The third-order valence-electron chi connectivity index (χ3n) is 3.86. The number of thioether (sulfide) groups is 1. The average Bonchev–Trinajstić information content (AvgIpc) is 3.13. The van der Waals surface area contributed by atoms with E-state index >= 15 is 0 Å². The van der Waals surface area contributed by atoms with Gasteiger partial charge in [0.15, 0.2) is 10.9 Å². The Balaban J connectivity index is 1.84. The van der Waals surface area contributed by atoms with Crippen LogP contribution in [0, 0.1) is 0 Å². The maximum atomic E-state index is 12.7. The number of carbonyl (C=O) groups is 1. The molecule has 0 aliphatic heterocycles. The van der Waals surface area contributed by atoms with Gasteiger partial charge in [0.05, 0.1) is 10.8 Å². The molecule has 9 heteroatoms. The zero-order valence-corrected chi connectivity index (χ0v) is 16.4. The number of aromatic nitrogens is 2. The largest absolute Gasteiger partial charge is 0.435 e. The molecule has 0 saturated carbocycles. The first-order valence-corrected chi connectivity index (χ1v) is 10.0. The number of benzene rings is 1. The van der Waals surface area contributed by atoms with E-state index in [1.807, 2.05) is 0 Å². The molecule has 5 nitrogen and oxygen atoms in total. The Morgan fingerprint density at radius 2 is 2.07 bits per heavy atom. The molecule has 0 bridgehead atoms. The summed E-state index contributed by atoms with van der Waals surface area (Å²) < 4.78 is 30.8. The van der Waals surface area contributed by atoms with E-state index in [1.54, 1.807) is 24.4 Å². The highest BCUT2D eigenvalue weighted by atomic mass is 32.2. The first kappa shape index (κ1) is 20.2. The van der Waals surface area contributed by atoms with Crippen molar-refractivity contribution >= 4 is 39.1 Å². The highest BCUT2D eigenvalue weighted by Crippen LogP contribution is 2.27. The molecule has 0 saturated heterocycles. The standard InChI is InChI=1S/C19H16F2N2O3S2/c1-3-9-23-17(25)16-14(8-10-27-16)22-19(23)28-11(2)15(24)12-4-6-13(7-5-12)26-18(20)21/h3-8,10-11,18H,1,9H2,2H3.